The van der Waals surface area contributed by atoms with Crippen molar-refractivity contribution in [1.82, 2.24) is 21.9 Å². The van der Waals surface area contributed by atoms with E-state index in [2.05, 4.69) is 26.9 Å². The molecule has 0 radical (unpaired) electrons. The first kappa shape index (κ1) is 9.25. The van der Waals surface area contributed by atoms with Gasteiger partial charge in [-0.2, -0.15) is 11.1 Å². The van der Waals surface area contributed by atoms with Crippen LogP contribution in [0.3, 0.4) is 0 Å². The van der Waals surface area contributed by atoms with Crippen LogP contribution in [0.4, 0.5) is 0 Å². The minimum absolute atomic E-state index is 0.296. The molecule has 2 aliphatic heterocycles. The third-order valence-corrected chi connectivity index (χ3v) is 2.28. The topological polar surface area (TPSA) is 78.9 Å². The monoisotopic (exact) mass is 221 g/mol. The summed E-state index contributed by atoms with van der Waals surface area (Å²) in [5.74, 6) is 2.22. The molecule has 7 heteroatoms. The molecular weight excluding hydrogens is 210 g/mol. The third-order valence-electron chi connectivity index (χ3n) is 2.28. The number of aliphatic imine (C=N–C) groups is 1. The van der Waals surface area contributed by atoms with Crippen molar-refractivity contribution in [3.63, 3.8) is 0 Å². The van der Waals surface area contributed by atoms with Crippen LogP contribution in [0.5, 0.6) is 11.5 Å². The summed E-state index contributed by atoms with van der Waals surface area (Å²) < 4.78 is 10.5. The highest BCUT2D eigenvalue weighted by Crippen LogP contribution is 2.32. The van der Waals surface area contributed by atoms with Gasteiger partial charge in [-0.3, -0.25) is 10.9 Å². The van der Waals surface area contributed by atoms with E-state index in [1.807, 2.05) is 18.2 Å². The summed E-state index contributed by atoms with van der Waals surface area (Å²) in [4.78, 5) is 4.29. The van der Waals surface area contributed by atoms with Gasteiger partial charge in [0, 0.05) is 0 Å². The average Bonchev–Trinajstić information content (AvgIpc) is 2.97. The van der Waals surface area contributed by atoms with Gasteiger partial charge in [-0.1, -0.05) is 6.07 Å². The molecule has 0 spiro atoms. The fraction of sp³-hybridized carbons (Fsp3) is 0.222. The lowest BCUT2D eigenvalue weighted by Gasteiger charge is -2.00. The Morgan fingerprint density at radius 1 is 1.12 bits per heavy atom. The smallest absolute Gasteiger partial charge is 0.231 e. The summed E-state index contributed by atoms with van der Waals surface area (Å²) in [6.45, 7) is 0.861. The van der Waals surface area contributed by atoms with E-state index >= 15 is 0 Å². The quantitative estimate of drug-likeness (QED) is 0.533. The zero-order valence-corrected chi connectivity index (χ0v) is 8.41. The molecule has 0 aliphatic carbocycles. The van der Waals surface area contributed by atoms with Crippen molar-refractivity contribution in [2.75, 3.05) is 6.79 Å². The van der Waals surface area contributed by atoms with E-state index < -0.39 is 0 Å². The zero-order valence-electron chi connectivity index (χ0n) is 8.41. The Morgan fingerprint density at radius 2 is 1.94 bits per heavy atom. The molecule has 0 amide bonds. The summed E-state index contributed by atoms with van der Waals surface area (Å²) in [7, 11) is 0. The molecule has 0 aromatic heterocycles. The molecule has 84 valence electrons. The number of hydrogen-bond donors (Lipinski definition) is 4. The first-order chi connectivity index (χ1) is 7.92. The molecule has 2 heterocycles. The van der Waals surface area contributed by atoms with Gasteiger partial charge in [-0.25, -0.2) is 4.99 Å². The second-order valence-electron chi connectivity index (χ2n) is 3.35. The first-order valence-electron chi connectivity index (χ1n) is 4.87. The molecule has 4 N–H and O–H groups in total. The molecule has 7 nitrogen and oxygen atoms in total. The van der Waals surface area contributed by atoms with Gasteiger partial charge in [-0.05, 0) is 17.7 Å². The van der Waals surface area contributed by atoms with Gasteiger partial charge >= 0.3 is 0 Å². The molecule has 16 heavy (non-hydrogen) atoms. The highest BCUT2D eigenvalue weighted by molar-refractivity contribution is 5.79. The van der Waals surface area contributed by atoms with Gasteiger partial charge in [0.15, 0.2) is 11.5 Å². The summed E-state index contributed by atoms with van der Waals surface area (Å²) in [5, 5.41) is 0. The molecule has 0 unspecified atom stereocenters. The van der Waals surface area contributed by atoms with Crippen LogP contribution in [0.1, 0.15) is 5.56 Å². The van der Waals surface area contributed by atoms with Crippen LogP contribution in [-0.4, -0.2) is 12.8 Å². The molecule has 2 aliphatic rings. The lowest BCUT2D eigenvalue weighted by Crippen LogP contribution is -2.33. The maximum atomic E-state index is 5.28. The Balaban J connectivity index is 1.72. The summed E-state index contributed by atoms with van der Waals surface area (Å²) in [6.07, 6.45) is 0. The van der Waals surface area contributed by atoms with Crippen LogP contribution in [0.25, 0.3) is 0 Å². The van der Waals surface area contributed by atoms with Crippen molar-refractivity contribution in [2.24, 2.45) is 4.99 Å². The van der Waals surface area contributed by atoms with Crippen molar-refractivity contribution < 1.29 is 9.47 Å². The largest absolute Gasteiger partial charge is 0.454 e. The SMILES string of the molecule is c1cc2c(cc1CN=C1NNNN1)OCO2. The molecule has 1 aromatic rings. The minimum atomic E-state index is 0.296. The average molecular weight is 221 g/mol. The number of nitrogens with one attached hydrogen (secondary N) is 4. The van der Waals surface area contributed by atoms with Crippen LogP contribution in [0, 0.1) is 0 Å². The number of benzene rings is 1. The Morgan fingerprint density at radius 3 is 2.81 bits per heavy atom. The number of guanidine groups is 1. The van der Waals surface area contributed by atoms with E-state index in [9.17, 15) is 0 Å². The predicted octanol–water partition coefficient (Wildman–Crippen LogP) is -0.612. The van der Waals surface area contributed by atoms with Crippen molar-refractivity contribution >= 4 is 5.96 Å². The van der Waals surface area contributed by atoms with Gasteiger partial charge in [0.25, 0.3) is 0 Å². The van der Waals surface area contributed by atoms with Crippen molar-refractivity contribution in [1.29, 1.82) is 0 Å². The Kier molecular flexibility index (Phi) is 2.24. The molecule has 0 bridgehead atoms. The fourth-order valence-corrected chi connectivity index (χ4v) is 1.50. The highest BCUT2D eigenvalue weighted by atomic mass is 16.7. The summed E-state index contributed by atoms with van der Waals surface area (Å²) >= 11 is 0. The number of fused-ring (bicyclic) bond motifs is 1. The van der Waals surface area contributed by atoms with E-state index in [4.69, 9.17) is 9.47 Å². The van der Waals surface area contributed by atoms with Gasteiger partial charge in [0.1, 0.15) is 0 Å². The lowest BCUT2D eigenvalue weighted by atomic mass is 10.2. The zero-order chi connectivity index (χ0) is 10.8. The molecular formula is C9H11N5O2. The van der Waals surface area contributed by atoms with Crippen LogP contribution >= 0.6 is 0 Å². The van der Waals surface area contributed by atoms with E-state index in [1.54, 1.807) is 0 Å². The van der Waals surface area contributed by atoms with Crippen molar-refractivity contribution in [2.45, 2.75) is 6.54 Å². The molecule has 0 saturated carbocycles. The molecule has 1 aromatic carbocycles. The van der Waals surface area contributed by atoms with Crippen LogP contribution < -0.4 is 31.4 Å². The normalized spacial score (nSPS) is 16.9. The lowest BCUT2D eigenvalue weighted by molar-refractivity contribution is 0.174. The minimum Gasteiger partial charge on any atom is -0.454 e. The molecule has 1 fully saturated rings. The maximum Gasteiger partial charge on any atom is 0.231 e. The summed E-state index contributed by atoms with van der Waals surface area (Å²) in [5.41, 5.74) is 12.0. The van der Waals surface area contributed by atoms with E-state index in [-0.39, 0.29) is 0 Å². The van der Waals surface area contributed by atoms with E-state index in [0.717, 1.165) is 17.1 Å². The second-order valence-corrected chi connectivity index (χ2v) is 3.35. The fourth-order valence-electron chi connectivity index (χ4n) is 1.50. The number of hydrazine groups is 3. The van der Waals surface area contributed by atoms with Crippen molar-refractivity contribution in [3.8, 4) is 11.5 Å². The second kappa shape index (κ2) is 3.87. The van der Waals surface area contributed by atoms with Crippen molar-refractivity contribution in [3.05, 3.63) is 23.8 Å². The third kappa shape index (κ3) is 1.73. The van der Waals surface area contributed by atoms with Gasteiger partial charge in [0.05, 0.1) is 6.54 Å². The van der Waals surface area contributed by atoms with Crippen LogP contribution in [-0.2, 0) is 6.54 Å². The van der Waals surface area contributed by atoms with E-state index in [1.165, 1.54) is 0 Å². The Bertz CT molecular complexity index is 426. The number of rotatable bonds is 2. The van der Waals surface area contributed by atoms with Crippen LogP contribution in [0.15, 0.2) is 23.2 Å². The van der Waals surface area contributed by atoms with Crippen LogP contribution in [0.2, 0.25) is 0 Å². The first-order valence-corrected chi connectivity index (χ1v) is 4.87. The summed E-state index contributed by atoms with van der Waals surface area (Å²) in [6, 6.07) is 5.79. The molecule has 3 rings (SSSR count). The van der Waals surface area contributed by atoms with E-state index in [0.29, 0.717) is 19.3 Å². The molecule has 0 atom stereocenters. The highest BCUT2D eigenvalue weighted by Gasteiger charge is 2.13. The van der Waals surface area contributed by atoms with Gasteiger partial charge in [0.2, 0.25) is 12.8 Å². The number of nitrogens with zero attached hydrogens (tertiary/aromatic N) is 1. The Hall–Kier alpha value is -1.99. The standard InChI is InChI=1S/C9H11N5O2/c1-2-7-8(16-5-15-7)3-6(1)4-10-9-11-13-14-12-9/h1-3,13-14H,4-5H2,(H2,10,11,12). The maximum absolute atomic E-state index is 5.28. The Labute approximate surface area is 91.7 Å². The predicted molar refractivity (Wildman–Crippen MR) is 56.2 cm³/mol. The number of hydrogen-bond acceptors (Lipinski definition) is 5. The molecule has 1 saturated heterocycles. The van der Waals surface area contributed by atoms with Gasteiger partial charge in [-0.15, -0.1) is 0 Å². The number of ether oxygens (including phenoxy) is 2. The van der Waals surface area contributed by atoms with Gasteiger partial charge < -0.3 is 9.47 Å².